The maximum absolute atomic E-state index is 14.1. The molecule has 0 fully saturated rings. The minimum absolute atomic E-state index is 0.00376. The van der Waals surface area contributed by atoms with E-state index in [0.29, 0.717) is 28.8 Å². The summed E-state index contributed by atoms with van der Waals surface area (Å²) < 4.78 is 47.1. The molecule has 36 heavy (non-hydrogen) atoms. The molecule has 0 spiro atoms. The van der Waals surface area contributed by atoms with Crippen molar-refractivity contribution >= 4 is 38.7 Å². The number of aromatic nitrogens is 2. The number of aryl methyl sites for hydroxylation is 2. The predicted octanol–water partition coefficient (Wildman–Crippen LogP) is 5.92. The van der Waals surface area contributed by atoms with Crippen molar-refractivity contribution in [3.05, 3.63) is 90.0 Å². The van der Waals surface area contributed by atoms with Crippen LogP contribution in [0.4, 0.5) is 33.1 Å². The highest BCUT2D eigenvalue weighted by molar-refractivity contribution is 7.92. The van der Waals surface area contributed by atoms with E-state index in [2.05, 4.69) is 25.3 Å². The Morgan fingerprint density at radius 1 is 0.806 bits per heavy atom. The van der Waals surface area contributed by atoms with Gasteiger partial charge < -0.3 is 15.4 Å². The molecule has 10 heteroatoms. The van der Waals surface area contributed by atoms with E-state index in [4.69, 9.17) is 4.74 Å². The summed E-state index contributed by atoms with van der Waals surface area (Å²) in [6.45, 7) is 5.82. The Kier molecular flexibility index (Phi) is 7.35. The van der Waals surface area contributed by atoms with Crippen molar-refractivity contribution < 1.29 is 17.5 Å². The molecule has 0 aliphatic rings. The Morgan fingerprint density at radius 3 is 1.92 bits per heavy atom. The third-order valence-corrected chi connectivity index (χ3v) is 6.46. The number of nitrogens with one attached hydrogen (secondary N) is 3. The maximum Gasteiger partial charge on any atom is 0.262 e. The first-order valence-corrected chi connectivity index (χ1v) is 12.7. The molecule has 0 saturated heterocycles. The molecule has 0 aliphatic heterocycles. The van der Waals surface area contributed by atoms with Crippen LogP contribution in [-0.2, 0) is 10.0 Å². The van der Waals surface area contributed by atoms with E-state index >= 15 is 0 Å². The lowest BCUT2D eigenvalue weighted by atomic mass is 10.2. The van der Waals surface area contributed by atoms with E-state index in [0.717, 1.165) is 11.8 Å². The van der Waals surface area contributed by atoms with Crippen molar-refractivity contribution in [3.8, 4) is 5.75 Å². The zero-order chi connectivity index (χ0) is 25.7. The smallest absolute Gasteiger partial charge is 0.262 e. The molecule has 3 N–H and O–H groups in total. The number of sulfonamides is 1. The zero-order valence-electron chi connectivity index (χ0n) is 20.0. The maximum atomic E-state index is 14.1. The summed E-state index contributed by atoms with van der Waals surface area (Å²) in [4.78, 5) is 8.64. The van der Waals surface area contributed by atoms with Crippen LogP contribution in [0.3, 0.4) is 0 Å². The monoisotopic (exact) mass is 507 g/mol. The predicted molar refractivity (Wildman–Crippen MR) is 139 cm³/mol. The Morgan fingerprint density at radius 2 is 1.36 bits per heavy atom. The molecular formula is C26H26FN5O3S. The van der Waals surface area contributed by atoms with Gasteiger partial charge in [-0.25, -0.2) is 22.8 Å². The lowest BCUT2D eigenvalue weighted by Crippen LogP contribution is -2.13. The first-order valence-electron chi connectivity index (χ1n) is 11.2. The van der Waals surface area contributed by atoms with E-state index < -0.39 is 15.8 Å². The van der Waals surface area contributed by atoms with Gasteiger partial charge in [-0.2, -0.15) is 0 Å². The van der Waals surface area contributed by atoms with Crippen LogP contribution in [0.1, 0.15) is 18.3 Å². The number of rotatable bonds is 9. The minimum atomic E-state index is -3.98. The zero-order valence-corrected chi connectivity index (χ0v) is 20.9. The van der Waals surface area contributed by atoms with Gasteiger partial charge in [0.2, 0.25) is 0 Å². The van der Waals surface area contributed by atoms with E-state index in [1.807, 2.05) is 31.2 Å². The van der Waals surface area contributed by atoms with Gasteiger partial charge in [0.1, 0.15) is 17.5 Å². The van der Waals surface area contributed by atoms with Crippen molar-refractivity contribution in [2.45, 2.75) is 25.7 Å². The van der Waals surface area contributed by atoms with Crippen LogP contribution in [0.25, 0.3) is 0 Å². The molecule has 4 aromatic rings. The summed E-state index contributed by atoms with van der Waals surface area (Å²) in [5.41, 5.74) is 3.10. The molecule has 0 amide bonds. The molecule has 1 aromatic heterocycles. The number of ether oxygens (including phenoxy) is 1. The largest absolute Gasteiger partial charge is 0.491 e. The number of halogens is 1. The highest BCUT2D eigenvalue weighted by atomic mass is 32.2. The summed E-state index contributed by atoms with van der Waals surface area (Å²) in [6, 6.07) is 19.9. The SMILES string of the molecule is CCOc1ccc(S(=O)(=O)Nc2ccc(Nc3cc(Nc4ccc(C)cc4)nc(C)n3)cc2)cc1F. The number of benzene rings is 3. The van der Waals surface area contributed by atoms with Crippen molar-refractivity contribution in [1.82, 2.24) is 9.97 Å². The van der Waals surface area contributed by atoms with Crippen LogP contribution in [0.2, 0.25) is 0 Å². The second-order valence-electron chi connectivity index (χ2n) is 8.01. The fourth-order valence-electron chi connectivity index (χ4n) is 3.39. The summed E-state index contributed by atoms with van der Waals surface area (Å²) in [6.07, 6.45) is 0. The fourth-order valence-corrected chi connectivity index (χ4v) is 4.46. The van der Waals surface area contributed by atoms with Crippen LogP contribution in [-0.4, -0.2) is 25.0 Å². The fraction of sp³-hybridized carbons (Fsp3) is 0.154. The first-order chi connectivity index (χ1) is 17.2. The molecule has 0 radical (unpaired) electrons. The third-order valence-electron chi connectivity index (χ3n) is 5.08. The molecule has 0 bridgehead atoms. The quantitative estimate of drug-likeness (QED) is 0.258. The minimum Gasteiger partial charge on any atom is -0.491 e. The Hall–Kier alpha value is -4.18. The van der Waals surface area contributed by atoms with Crippen LogP contribution in [0.15, 0.2) is 77.7 Å². The van der Waals surface area contributed by atoms with Gasteiger partial charge in [-0.1, -0.05) is 17.7 Å². The van der Waals surface area contributed by atoms with Crippen molar-refractivity contribution in [2.24, 2.45) is 0 Å². The van der Waals surface area contributed by atoms with Crippen molar-refractivity contribution in [3.63, 3.8) is 0 Å². The van der Waals surface area contributed by atoms with Gasteiger partial charge in [-0.05, 0) is 75.4 Å². The Labute approximate surface area is 209 Å². The van der Waals surface area contributed by atoms with Gasteiger partial charge in [-0.15, -0.1) is 0 Å². The molecule has 186 valence electrons. The lowest BCUT2D eigenvalue weighted by molar-refractivity contribution is 0.321. The highest BCUT2D eigenvalue weighted by Gasteiger charge is 2.17. The average molecular weight is 508 g/mol. The Bertz CT molecular complexity index is 1460. The highest BCUT2D eigenvalue weighted by Crippen LogP contribution is 2.25. The second-order valence-corrected chi connectivity index (χ2v) is 9.69. The summed E-state index contributed by atoms with van der Waals surface area (Å²) in [5, 5.41) is 6.46. The van der Waals surface area contributed by atoms with Gasteiger partial charge in [0.15, 0.2) is 11.6 Å². The molecule has 8 nitrogen and oxygen atoms in total. The number of nitrogens with zero attached hydrogens (tertiary/aromatic N) is 2. The van der Waals surface area contributed by atoms with Crippen LogP contribution in [0, 0.1) is 19.7 Å². The van der Waals surface area contributed by atoms with E-state index in [1.54, 1.807) is 44.2 Å². The average Bonchev–Trinajstić information content (AvgIpc) is 2.83. The van der Waals surface area contributed by atoms with Gasteiger partial charge >= 0.3 is 0 Å². The summed E-state index contributed by atoms with van der Waals surface area (Å²) in [5.74, 6) is 1.07. The molecule has 0 saturated carbocycles. The molecule has 3 aromatic carbocycles. The molecule has 0 atom stereocenters. The van der Waals surface area contributed by atoms with E-state index in [-0.39, 0.29) is 17.3 Å². The first kappa shape index (κ1) is 24.9. The molecular weight excluding hydrogens is 481 g/mol. The number of hydrogen-bond donors (Lipinski definition) is 3. The Balaban J connectivity index is 1.45. The third kappa shape index (κ3) is 6.28. The van der Waals surface area contributed by atoms with Gasteiger partial charge in [0.25, 0.3) is 10.0 Å². The number of hydrogen-bond acceptors (Lipinski definition) is 7. The van der Waals surface area contributed by atoms with E-state index in [9.17, 15) is 12.8 Å². The molecule has 4 rings (SSSR count). The van der Waals surface area contributed by atoms with Crippen molar-refractivity contribution in [1.29, 1.82) is 0 Å². The standard InChI is InChI=1S/C26H26FN5O3S/c1-4-35-24-14-13-22(15-23(24)27)36(33,34)32-21-11-9-20(10-12-21)31-26-16-25(28-18(3)29-26)30-19-7-5-17(2)6-8-19/h5-16,32H,4H2,1-3H3,(H2,28,29,30,31). The number of anilines is 5. The topological polar surface area (TPSA) is 105 Å². The van der Waals surface area contributed by atoms with Crippen LogP contribution < -0.4 is 20.1 Å². The van der Waals surface area contributed by atoms with Crippen LogP contribution >= 0.6 is 0 Å². The lowest BCUT2D eigenvalue weighted by Gasteiger charge is -2.12. The van der Waals surface area contributed by atoms with Gasteiger partial charge in [0, 0.05) is 23.1 Å². The van der Waals surface area contributed by atoms with Crippen molar-refractivity contribution in [2.75, 3.05) is 22.0 Å². The second kappa shape index (κ2) is 10.6. The summed E-state index contributed by atoms with van der Waals surface area (Å²) in [7, 11) is -3.98. The van der Waals surface area contributed by atoms with Crippen LogP contribution in [0.5, 0.6) is 5.75 Å². The summed E-state index contributed by atoms with van der Waals surface area (Å²) >= 11 is 0. The molecule has 0 aliphatic carbocycles. The van der Waals surface area contributed by atoms with Gasteiger partial charge in [-0.3, -0.25) is 4.72 Å². The van der Waals surface area contributed by atoms with Gasteiger partial charge in [0.05, 0.1) is 11.5 Å². The van der Waals surface area contributed by atoms with E-state index in [1.165, 1.54) is 17.7 Å². The normalized spacial score (nSPS) is 11.1. The molecule has 1 heterocycles. The molecule has 0 unspecified atom stereocenters.